The second-order valence-corrected chi connectivity index (χ2v) is 8.89. The summed E-state index contributed by atoms with van der Waals surface area (Å²) in [5.74, 6) is 0.281. The lowest BCUT2D eigenvalue weighted by molar-refractivity contribution is 0.0791. The van der Waals surface area contributed by atoms with Crippen LogP contribution in [0.5, 0.6) is 11.5 Å². The standard InChI is InChI=1S/C19H30N2O6S/c1-5-28(23,24)27-18-11-15(8-9-17(18)25-4)12-21(19(22)20-14(2)3)13-16-7-6-10-26-16/h8-9,11,14,16H,5-7,10,12-13H2,1-4H3,(H,20,22)/t16-/m1/s1. The van der Waals surface area contributed by atoms with Gasteiger partial charge in [0.1, 0.15) is 0 Å². The maximum absolute atomic E-state index is 12.6. The van der Waals surface area contributed by atoms with Crippen LogP contribution in [0.15, 0.2) is 18.2 Å². The first-order valence-electron chi connectivity index (χ1n) is 9.50. The Labute approximate surface area is 167 Å². The van der Waals surface area contributed by atoms with Crippen molar-refractivity contribution in [1.29, 1.82) is 0 Å². The first-order valence-corrected chi connectivity index (χ1v) is 11.1. The highest BCUT2D eigenvalue weighted by Gasteiger charge is 2.24. The van der Waals surface area contributed by atoms with E-state index in [1.807, 2.05) is 13.8 Å². The van der Waals surface area contributed by atoms with Gasteiger partial charge in [-0.2, -0.15) is 8.42 Å². The Balaban J connectivity index is 2.22. The quantitative estimate of drug-likeness (QED) is 0.624. The highest BCUT2D eigenvalue weighted by molar-refractivity contribution is 7.87. The highest BCUT2D eigenvalue weighted by Crippen LogP contribution is 2.30. The summed E-state index contributed by atoms with van der Waals surface area (Å²) >= 11 is 0. The number of carbonyl (C=O) groups is 1. The van der Waals surface area contributed by atoms with Crippen molar-refractivity contribution in [3.8, 4) is 11.5 Å². The van der Waals surface area contributed by atoms with E-state index in [1.165, 1.54) is 14.0 Å². The molecule has 1 aromatic rings. The summed E-state index contributed by atoms with van der Waals surface area (Å²) in [6.07, 6.45) is 1.91. The van der Waals surface area contributed by atoms with Crippen LogP contribution in [-0.4, -0.2) is 57.5 Å². The van der Waals surface area contributed by atoms with Crippen LogP contribution in [0.1, 0.15) is 39.2 Å². The monoisotopic (exact) mass is 414 g/mol. The van der Waals surface area contributed by atoms with E-state index in [0.717, 1.165) is 18.4 Å². The Kier molecular flexibility index (Phi) is 7.94. The predicted molar refractivity (Wildman–Crippen MR) is 106 cm³/mol. The van der Waals surface area contributed by atoms with Gasteiger partial charge in [-0.1, -0.05) is 6.07 Å². The molecule has 9 heteroatoms. The molecular formula is C19H30N2O6S. The van der Waals surface area contributed by atoms with E-state index in [4.69, 9.17) is 13.7 Å². The summed E-state index contributed by atoms with van der Waals surface area (Å²) in [5, 5.41) is 2.90. The number of amides is 2. The molecule has 1 aliphatic heterocycles. The summed E-state index contributed by atoms with van der Waals surface area (Å²) in [7, 11) is -2.25. The van der Waals surface area contributed by atoms with Crippen LogP contribution in [0.3, 0.4) is 0 Å². The van der Waals surface area contributed by atoms with Crippen LogP contribution in [-0.2, 0) is 21.4 Å². The van der Waals surface area contributed by atoms with Gasteiger partial charge < -0.3 is 23.9 Å². The Morgan fingerprint density at radius 2 is 2.11 bits per heavy atom. The normalized spacial score (nSPS) is 16.8. The molecule has 1 aromatic carbocycles. The molecule has 1 N–H and O–H groups in total. The molecule has 0 bridgehead atoms. The van der Waals surface area contributed by atoms with E-state index in [0.29, 0.717) is 25.4 Å². The molecule has 0 spiro atoms. The van der Waals surface area contributed by atoms with Gasteiger partial charge in [-0.25, -0.2) is 4.79 Å². The van der Waals surface area contributed by atoms with Gasteiger partial charge in [-0.15, -0.1) is 0 Å². The Morgan fingerprint density at radius 3 is 2.68 bits per heavy atom. The van der Waals surface area contributed by atoms with Crippen molar-refractivity contribution in [2.24, 2.45) is 0 Å². The Hall–Kier alpha value is -2.00. The summed E-state index contributed by atoms with van der Waals surface area (Å²) in [5.41, 5.74) is 0.735. The molecule has 28 heavy (non-hydrogen) atoms. The summed E-state index contributed by atoms with van der Waals surface area (Å²) in [6, 6.07) is 4.83. The van der Waals surface area contributed by atoms with Gasteiger partial charge in [-0.05, 0) is 51.3 Å². The number of methoxy groups -OCH3 is 1. The fourth-order valence-corrected chi connectivity index (χ4v) is 3.41. The largest absolute Gasteiger partial charge is 0.493 e. The van der Waals surface area contributed by atoms with Gasteiger partial charge in [0.25, 0.3) is 0 Å². The molecule has 1 aliphatic rings. The SMILES string of the molecule is CCS(=O)(=O)Oc1cc(CN(C[C@H]2CCCO2)C(=O)NC(C)C)ccc1OC. The van der Waals surface area contributed by atoms with Gasteiger partial charge >= 0.3 is 16.1 Å². The van der Waals surface area contributed by atoms with Gasteiger partial charge in [0.15, 0.2) is 11.5 Å². The molecule has 0 unspecified atom stereocenters. The number of urea groups is 1. The van der Waals surface area contributed by atoms with Crippen molar-refractivity contribution in [2.45, 2.75) is 52.3 Å². The first-order chi connectivity index (χ1) is 13.2. The van der Waals surface area contributed by atoms with Gasteiger partial charge in [0.05, 0.1) is 19.0 Å². The predicted octanol–water partition coefficient (Wildman–Crippen LogP) is 2.52. The number of rotatable bonds is 9. The number of nitrogens with one attached hydrogen (secondary N) is 1. The van der Waals surface area contributed by atoms with Crippen LogP contribution in [0, 0.1) is 0 Å². The third kappa shape index (κ3) is 6.56. The molecule has 1 atom stereocenters. The Morgan fingerprint density at radius 1 is 1.36 bits per heavy atom. The molecule has 0 aromatic heterocycles. The molecule has 0 saturated carbocycles. The fourth-order valence-electron chi connectivity index (χ4n) is 2.89. The average molecular weight is 415 g/mol. The van der Waals surface area contributed by atoms with Crippen molar-refractivity contribution in [3.63, 3.8) is 0 Å². The lowest BCUT2D eigenvalue weighted by atomic mass is 10.1. The van der Waals surface area contributed by atoms with E-state index < -0.39 is 10.1 Å². The zero-order valence-electron chi connectivity index (χ0n) is 16.9. The van der Waals surface area contributed by atoms with Crippen molar-refractivity contribution in [1.82, 2.24) is 10.2 Å². The summed E-state index contributed by atoms with van der Waals surface area (Å²) in [4.78, 5) is 14.3. The summed E-state index contributed by atoms with van der Waals surface area (Å²) < 4.78 is 39.8. The average Bonchev–Trinajstić information content (AvgIpc) is 3.13. The number of hydrogen-bond donors (Lipinski definition) is 1. The number of ether oxygens (including phenoxy) is 2. The zero-order chi connectivity index (χ0) is 20.7. The van der Waals surface area contributed by atoms with Gasteiger partial charge in [-0.3, -0.25) is 0 Å². The van der Waals surface area contributed by atoms with Crippen LogP contribution >= 0.6 is 0 Å². The first kappa shape index (κ1) is 22.3. The third-order valence-electron chi connectivity index (χ3n) is 4.32. The number of carbonyl (C=O) groups excluding carboxylic acids is 1. The van der Waals surface area contributed by atoms with E-state index in [-0.39, 0.29) is 29.7 Å². The van der Waals surface area contributed by atoms with E-state index in [9.17, 15) is 13.2 Å². The van der Waals surface area contributed by atoms with Gasteiger partial charge in [0.2, 0.25) is 0 Å². The lowest BCUT2D eigenvalue weighted by Crippen LogP contribution is -2.45. The number of hydrogen-bond acceptors (Lipinski definition) is 6. The van der Waals surface area contributed by atoms with Crippen molar-refractivity contribution in [2.75, 3.05) is 26.0 Å². The van der Waals surface area contributed by atoms with Gasteiger partial charge in [0, 0.05) is 25.7 Å². The molecule has 1 heterocycles. The molecule has 2 rings (SSSR count). The molecule has 1 saturated heterocycles. The second kappa shape index (κ2) is 9.97. The minimum Gasteiger partial charge on any atom is -0.493 e. The highest BCUT2D eigenvalue weighted by atomic mass is 32.2. The Bertz CT molecular complexity index is 760. The maximum Gasteiger partial charge on any atom is 0.317 e. The minimum atomic E-state index is -3.69. The maximum atomic E-state index is 12.6. The smallest absolute Gasteiger partial charge is 0.317 e. The van der Waals surface area contributed by atoms with E-state index in [1.54, 1.807) is 23.1 Å². The van der Waals surface area contributed by atoms with E-state index >= 15 is 0 Å². The number of benzene rings is 1. The topological polar surface area (TPSA) is 94.2 Å². The molecule has 0 aliphatic carbocycles. The van der Waals surface area contributed by atoms with Crippen LogP contribution in [0.25, 0.3) is 0 Å². The summed E-state index contributed by atoms with van der Waals surface area (Å²) in [6.45, 7) is 6.78. The van der Waals surface area contributed by atoms with Crippen LogP contribution < -0.4 is 14.2 Å². The van der Waals surface area contributed by atoms with Crippen molar-refractivity contribution < 1.29 is 26.9 Å². The molecular weight excluding hydrogens is 384 g/mol. The third-order valence-corrected chi connectivity index (χ3v) is 5.46. The van der Waals surface area contributed by atoms with Crippen molar-refractivity contribution >= 4 is 16.1 Å². The molecule has 8 nitrogen and oxygen atoms in total. The fraction of sp³-hybridized carbons (Fsp3) is 0.632. The second-order valence-electron chi connectivity index (χ2n) is 7.03. The van der Waals surface area contributed by atoms with Crippen LogP contribution in [0.4, 0.5) is 4.79 Å². The number of nitrogens with zero attached hydrogens (tertiary/aromatic N) is 1. The molecule has 1 fully saturated rings. The molecule has 158 valence electrons. The zero-order valence-corrected chi connectivity index (χ0v) is 17.8. The van der Waals surface area contributed by atoms with Crippen LogP contribution in [0.2, 0.25) is 0 Å². The minimum absolute atomic E-state index is 0.00366. The molecule has 2 amide bonds. The lowest BCUT2D eigenvalue weighted by Gasteiger charge is -2.27. The van der Waals surface area contributed by atoms with E-state index in [2.05, 4.69) is 5.32 Å². The van der Waals surface area contributed by atoms with Crippen molar-refractivity contribution in [3.05, 3.63) is 23.8 Å². The molecule has 0 radical (unpaired) electrons.